The highest BCUT2D eigenvalue weighted by atomic mass is 35.5. The van der Waals surface area contributed by atoms with Crippen LogP contribution in [-0.4, -0.2) is 14.9 Å². The standard InChI is InChI=1S/C13H17ClN2OS/c1-3-9-13(14)10(16(4-2)15-9)8-11(17)12-6-5-7-18-12/h5-7,11,17H,3-4,8H2,1-2H3. The van der Waals surface area contributed by atoms with Gasteiger partial charge in [-0.25, -0.2) is 0 Å². The number of rotatable bonds is 5. The molecule has 0 saturated heterocycles. The fourth-order valence-electron chi connectivity index (χ4n) is 1.98. The van der Waals surface area contributed by atoms with E-state index in [1.165, 1.54) is 0 Å². The molecule has 0 saturated carbocycles. The van der Waals surface area contributed by atoms with Crippen molar-refractivity contribution in [2.75, 3.05) is 0 Å². The molecule has 0 aliphatic rings. The normalized spacial score (nSPS) is 12.9. The monoisotopic (exact) mass is 284 g/mol. The lowest BCUT2D eigenvalue weighted by atomic mass is 10.1. The predicted octanol–water partition coefficient (Wildman–Crippen LogP) is 3.46. The predicted molar refractivity (Wildman–Crippen MR) is 75.3 cm³/mol. The van der Waals surface area contributed by atoms with E-state index in [2.05, 4.69) is 5.10 Å². The number of aliphatic hydroxyl groups is 1. The molecular weight excluding hydrogens is 268 g/mol. The molecule has 1 N–H and O–H groups in total. The summed E-state index contributed by atoms with van der Waals surface area (Å²) in [6.45, 7) is 4.84. The molecule has 1 atom stereocenters. The van der Waals surface area contributed by atoms with Gasteiger partial charge < -0.3 is 5.11 Å². The lowest BCUT2D eigenvalue weighted by molar-refractivity contribution is 0.179. The Bertz CT molecular complexity index is 507. The number of hydrogen-bond acceptors (Lipinski definition) is 3. The Hall–Kier alpha value is -0.840. The molecule has 2 rings (SSSR count). The van der Waals surface area contributed by atoms with Crippen molar-refractivity contribution in [3.8, 4) is 0 Å². The van der Waals surface area contributed by atoms with Crippen molar-refractivity contribution in [3.63, 3.8) is 0 Å². The Morgan fingerprint density at radius 2 is 2.28 bits per heavy atom. The van der Waals surface area contributed by atoms with E-state index in [9.17, 15) is 5.11 Å². The third-order valence-corrected chi connectivity index (χ3v) is 4.36. The Morgan fingerprint density at radius 1 is 1.50 bits per heavy atom. The highest BCUT2D eigenvalue weighted by Crippen LogP contribution is 2.28. The molecule has 0 radical (unpaired) electrons. The van der Waals surface area contributed by atoms with E-state index in [4.69, 9.17) is 11.6 Å². The second-order valence-electron chi connectivity index (χ2n) is 4.11. The topological polar surface area (TPSA) is 38.0 Å². The molecule has 0 bridgehead atoms. The number of aryl methyl sites for hydroxylation is 2. The Balaban J connectivity index is 2.25. The maximum atomic E-state index is 10.2. The van der Waals surface area contributed by atoms with Crippen molar-refractivity contribution in [2.45, 2.75) is 39.3 Å². The summed E-state index contributed by atoms with van der Waals surface area (Å²) in [6, 6.07) is 3.88. The molecule has 98 valence electrons. The minimum atomic E-state index is -0.505. The van der Waals surface area contributed by atoms with Crippen LogP contribution < -0.4 is 0 Å². The van der Waals surface area contributed by atoms with Crippen molar-refractivity contribution in [2.24, 2.45) is 0 Å². The third kappa shape index (κ3) is 2.60. The van der Waals surface area contributed by atoms with Crippen LogP contribution in [0.2, 0.25) is 5.02 Å². The number of aromatic nitrogens is 2. The van der Waals surface area contributed by atoms with Gasteiger partial charge in [0.2, 0.25) is 0 Å². The van der Waals surface area contributed by atoms with Crippen molar-refractivity contribution in [3.05, 3.63) is 38.8 Å². The minimum absolute atomic E-state index is 0.505. The average molecular weight is 285 g/mol. The smallest absolute Gasteiger partial charge is 0.0937 e. The molecular formula is C13H17ClN2OS. The fraction of sp³-hybridized carbons (Fsp3) is 0.462. The summed E-state index contributed by atoms with van der Waals surface area (Å²) in [6.07, 6.45) is 0.822. The zero-order valence-corrected chi connectivity index (χ0v) is 12.1. The van der Waals surface area contributed by atoms with Crippen LogP contribution in [0.15, 0.2) is 17.5 Å². The first kappa shape index (κ1) is 13.6. The minimum Gasteiger partial charge on any atom is -0.387 e. The second kappa shape index (κ2) is 5.87. The third-order valence-electron chi connectivity index (χ3n) is 2.95. The first-order valence-electron chi connectivity index (χ1n) is 6.12. The average Bonchev–Trinajstić information content (AvgIpc) is 2.99. The van der Waals surface area contributed by atoms with Crippen LogP contribution in [0, 0.1) is 0 Å². The van der Waals surface area contributed by atoms with Gasteiger partial charge in [-0.3, -0.25) is 4.68 Å². The Morgan fingerprint density at radius 3 is 2.83 bits per heavy atom. The molecule has 0 aromatic carbocycles. The first-order chi connectivity index (χ1) is 8.67. The fourth-order valence-corrected chi connectivity index (χ4v) is 3.03. The van der Waals surface area contributed by atoms with Gasteiger partial charge in [-0.15, -0.1) is 11.3 Å². The molecule has 2 heterocycles. The number of halogens is 1. The van der Waals surface area contributed by atoms with Crippen molar-refractivity contribution >= 4 is 22.9 Å². The number of thiophene rings is 1. The van der Waals surface area contributed by atoms with Gasteiger partial charge in [0.05, 0.1) is 22.5 Å². The van der Waals surface area contributed by atoms with E-state index in [0.717, 1.165) is 29.2 Å². The van der Waals surface area contributed by atoms with E-state index in [-0.39, 0.29) is 0 Å². The molecule has 0 aliphatic heterocycles. The van der Waals surface area contributed by atoms with Gasteiger partial charge >= 0.3 is 0 Å². The molecule has 2 aromatic heterocycles. The van der Waals surface area contributed by atoms with Crippen LogP contribution in [0.5, 0.6) is 0 Å². The maximum Gasteiger partial charge on any atom is 0.0937 e. The zero-order valence-electron chi connectivity index (χ0n) is 10.6. The van der Waals surface area contributed by atoms with Crippen molar-refractivity contribution in [1.29, 1.82) is 0 Å². The second-order valence-corrected chi connectivity index (χ2v) is 5.47. The van der Waals surface area contributed by atoms with Gasteiger partial charge in [0.15, 0.2) is 0 Å². The van der Waals surface area contributed by atoms with Crippen molar-refractivity contribution in [1.82, 2.24) is 9.78 Å². The molecule has 18 heavy (non-hydrogen) atoms. The van der Waals surface area contributed by atoms with Gasteiger partial charge in [-0.2, -0.15) is 5.10 Å². The van der Waals surface area contributed by atoms with E-state index < -0.39 is 6.10 Å². The molecule has 1 unspecified atom stereocenters. The van der Waals surface area contributed by atoms with Crippen LogP contribution in [0.25, 0.3) is 0 Å². The molecule has 0 aliphatic carbocycles. The van der Waals surface area contributed by atoms with Gasteiger partial charge in [-0.05, 0) is 24.8 Å². The summed E-state index contributed by atoms with van der Waals surface area (Å²) in [5.74, 6) is 0. The SMILES string of the molecule is CCc1nn(CC)c(CC(O)c2cccs2)c1Cl. The quantitative estimate of drug-likeness (QED) is 0.913. The molecule has 5 heteroatoms. The van der Waals surface area contributed by atoms with Crippen LogP contribution in [0.1, 0.15) is 36.2 Å². The largest absolute Gasteiger partial charge is 0.387 e. The van der Waals surface area contributed by atoms with Crippen LogP contribution in [-0.2, 0) is 19.4 Å². The summed E-state index contributed by atoms with van der Waals surface area (Å²) >= 11 is 7.88. The lowest BCUT2D eigenvalue weighted by Gasteiger charge is -2.10. The first-order valence-corrected chi connectivity index (χ1v) is 7.38. The molecule has 0 fully saturated rings. The molecule has 2 aromatic rings. The molecule has 3 nitrogen and oxygen atoms in total. The highest BCUT2D eigenvalue weighted by Gasteiger charge is 2.18. The maximum absolute atomic E-state index is 10.2. The van der Waals surface area contributed by atoms with Crippen LogP contribution in [0.3, 0.4) is 0 Å². The Kier molecular flexibility index (Phi) is 4.43. The van der Waals surface area contributed by atoms with Gasteiger partial charge in [0.25, 0.3) is 0 Å². The van der Waals surface area contributed by atoms with Crippen molar-refractivity contribution < 1.29 is 5.11 Å². The number of aliphatic hydroxyl groups excluding tert-OH is 1. The summed E-state index contributed by atoms with van der Waals surface area (Å²) in [5.41, 5.74) is 1.84. The highest BCUT2D eigenvalue weighted by molar-refractivity contribution is 7.10. The van der Waals surface area contributed by atoms with Crippen LogP contribution >= 0.6 is 22.9 Å². The van der Waals surface area contributed by atoms with Gasteiger partial charge in [-0.1, -0.05) is 24.6 Å². The summed E-state index contributed by atoms with van der Waals surface area (Å²) in [7, 11) is 0. The van der Waals surface area contributed by atoms with E-state index >= 15 is 0 Å². The summed E-state index contributed by atoms with van der Waals surface area (Å²) < 4.78 is 1.89. The summed E-state index contributed by atoms with van der Waals surface area (Å²) in [5, 5.41) is 17.3. The van der Waals surface area contributed by atoms with E-state index in [0.29, 0.717) is 11.4 Å². The Labute approximate surface area is 116 Å². The van der Waals surface area contributed by atoms with E-state index in [1.54, 1.807) is 11.3 Å². The zero-order chi connectivity index (χ0) is 13.1. The van der Waals surface area contributed by atoms with Crippen LogP contribution in [0.4, 0.5) is 0 Å². The lowest BCUT2D eigenvalue weighted by Crippen LogP contribution is -2.08. The number of nitrogens with zero attached hydrogens (tertiary/aromatic N) is 2. The summed E-state index contributed by atoms with van der Waals surface area (Å²) in [4.78, 5) is 0.966. The molecule has 0 spiro atoms. The van der Waals surface area contributed by atoms with Gasteiger partial charge in [0.1, 0.15) is 0 Å². The van der Waals surface area contributed by atoms with Gasteiger partial charge in [0, 0.05) is 17.8 Å². The number of hydrogen-bond donors (Lipinski definition) is 1. The van der Waals surface area contributed by atoms with E-state index in [1.807, 2.05) is 36.0 Å². The molecule has 0 amide bonds.